The second-order valence-corrected chi connectivity index (χ2v) is 6.35. The van der Waals surface area contributed by atoms with Gasteiger partial charge in [0.2, 0.25) is 5.91 Å². The Labute approximate surface area is 143 Å². The fourth-order valence-corrected chi connectivity index (χ4v) is 3.02. The first-order valence-electron chi connectivity index (χ1n) is 7.87. The van der Waals surface area contributed by atoms with Gasteiger partial charge in [0.15, 0.2) is 5.13 Å². The van der Waals surface area contributed by atoms with Crippen LogP contribution in [0, 0.1) is 0 Å². The van der Waals surface area contributed by atoms with E-state index in [1.165, 1.54) is 11.3 Å². The lowest BCUT2D eigenvalue weighted by atomic mass is 10.2. The first-order chi connectivity index (χ1) is 11.7. The Bertz CT molecular complexity index is 874. The third-order valence-corrected chi connectivity index (χ3v) is 4.40. The number of hydrogen-bond acceptors (Lipinski definition) is 5. The summed E-state index contributed by atoms with van der Waals surface area (Å²) in [4.78, 5) is 32.4. The summed E-state index contributed by atoms with van der Waals surface area (Å²) in [6.07, 6.45) is 6.22. The molecule has 0 saturated heterocycles. The number of benzene rings is 1. The number of nitrogens with one attached hydrogen (secondary N) is 1. The molecule has 1 N–H and O–H groups in total. The van der Waals surface area contributed by atoms with Gasteiger partial charge < -0.3 is 5.32 Å². The maximum Gasteiger partial charge on any atom is 0.261 e. The Hall–Kier alpha value is -2.54. The van der Waals surface area contributed by atoms with E-state index in [2.05, 4.69) is 15.3 Å². The van der Waals surface area contributed by atoms with Gasteiger partial charge in [-0.05, 0) is 25.0 Å². The molecule has 0 fully saturated rings. The van der Waals surface area contributed by atoms with Crippen molar-refractivity contribution >= 4 is 33.3 Å². The van der Waals surface area contributed by atoms with Crippen LogP contribution in [0.25, 0.3) is 10.9 Å². The highest BCUT2D eigenvalue weighted by Gasteiger charge is 2.05. The number of anilines is 1. The maximum atomic E-state index is 12.3. The zero-order valence-corrected chi connectivity index (χ0v) is 14.0. The molecule has 0 aliphatic rings. The predicted molar refractivity (Wildman–Crippen MR) is 95.2 cm³/mol. The first-order valence-corrected chi connectivity index (χ1v) is 8.75. The lowest BCUT2D eigenvalue weighted by molar-refractivity contribution is -0.116. The van der Waals surface area contributed by atoms with E-state index in [0.717, 1.165) is 24.8 Å². The molecule has 1 aromatic carbocycles. The molecule has 0 atom stereocenters. The smallest absolute Gasteiger partial charge is 0.261 e. The number of nitrogens with zero attached hydrogens (tertiary/aromatic N) is 3. The summed E-state index contributed by atoms with van der Waals surface area (Å²) in [6.45, 7) is 0.616. The normalized spacial score (nSPS) is 10.8. The third kappa shape index (κ3) is 4.05. The number of hydrogen-bond donors (Lipinski definition) is 1. The standard InChI is InChI=1S/C17H18N4O2S/c22-15(20-17-18-9-11-24-17)8-2-1-5-10-21-12-19-14-7-4-3-6-13(14)16(21)23/h3-4,6-7,9,11-12H,1-2,5,8,10H2,(H,18,20,22). The number of thiazole rings is 1. The summed E-state index contributed by atoms with van der Waals surface area (Å²) in [6, 6.07) is 7.35. The Balaban J connectivity index is 1.44. The Morgan fingerprint density at radius 3 is 2.88 bits per heavy atom. The summed E-state index contributed by atoms with van der Waals surface area (Å²) in [7, 11) is 0. The predicted octanol–water partition coefficient (Wildman–Crippen LogP) is 3.05. The van der Waals surface area contributed by atoms with Crippen LogP contribution in [0.3, 0.4) is 0 Å². The van der Waals surface area contributed by atoms with E-state index in [1.54, 1.807) is 23.2 Å². The number of rotatable bonds is 7. The summed E-state index contributed by atoms with van der Waals surface area (Å²) < 4.78 is 1.64. The van der Waals surface area contributed by atoms with Crippen LogP contribution >= 0.6 is 11.3 Å². The van der Waals surface area contributed by atoms with Crippen LogP contribution in [-0.4, -0.2) is 20.4 Å². The molecule has 0 unspecified atom stereocenters. The van der Waals surface area contributed by atoms with Crippen molar-refractivity contribution in [2.45, 2.75) is 32.2 Å². The number of carbonyl (C=O) groups excluding carboxylic acids is 1. The van der Waals surface area contributed by atoms with Crippen molar-refractivity contribution in [3.63, 3.8) is 0 Å². The Kier molecular flexibility index (Phi) is 5.32. The van der Waals surface area contributed by atoms with E-state index < -0.39 is 0 Å². The van der Waals surface area contributed by atoms with E-state index >= 15 is 0 Å². The van der Waals surface area contributed by atoms with E-state index in [-0.39, 0.29) is 11.5 Å². The largest absolute Gasteiger partial charge is 0.302 e. The second-order valence-electron chi connectivity index (χ2n) is 5.46. The van der Waals surface area contributed by atoms with Gasteiger partial charge in [0.1, 0.15) is 0 Å². The average Bonchev–Trinajstić information content (AvgIpc) is 3.09. The SMILES string of the molecule is O=C(CCCCCn1cnc2ccccc2c1=O)Nc1nccs1. The molecule has 0 saturated carbocycles. The molecule has 6 nitrogen and oxygen atoms in total. The topological polar surface area (TPSA) is 76.9 Å². The maximum absolute atomic E-state index is 12.3. The number of amides is 1. The first kappa shape index (κ1) is 16.3. The minimum absolute atomic E-state index is 0.0119. The van der Waals surface area contributed by atoms with Crippen LogP contribution in [0.5, 0.6) is 0 Å². The minimum atomic E-state index is -0.0190. The van der Waals surface area contributed by atoms with Crippen molar-refractivity contribution in [2.75, 3.05) is 5.32 Å². The molecule has 0 bridgehead atoms. The Morgan fingerprint density at radius 2 is 2.04 bits per heavy atom. The number of unbranched alkanes of at least 4 members (excludes halogenated alkanes) is 2. The molecular formula is C17H18N4O2S. The molecular weight excluding hydrogens is 324 g/mol. The molecule has 3 rings (SSSR count). The zero-order valence-electron chi connectivity index (χ0n) is 13.1. The van der Waals surface area contributed by atoms with E-state index in [9.17, 15) is 9.59 Å². The molecule has 2 heterocycles. The molecule has 2 aromatic heterocycles. The second kappa shape index (κ2) is 7.83. The quantitative estimate of drug-likeness (QED) is 0.670. The van der Waals surface area contributed by atoms with Gasteiger partial charge in [0.25, 0.3) is 5.56 Å². The number of para-hydroxylation sites is 1. The summed E-state index contributed by atoms with van der Waals surface area (Å²) >= 11 is 1.41. The van der Waals surface area contributed by atoms with Crippen molar-refractivity contribution in [1.82, 2.24) is 14.5 Å². The molecule has 0 aliphatic carbocycles. The van der Waals surface area contributed by atoms with Gasteiger partial charge in [0.05, 0.1) is 17.2 Å². The molecule has 0 aliphatic heterocycles. The number of aryl methyl sites for hydroxylation is 1. The number of aromatic nitrogens is 3. The van der Waals surface area contributed by atoms with Crippen LogP contribution in [0.2, 0.25) is 0 Å². The van der Waals surface area contributed by atoms with E-state index in [1.807, 2.05) is 23.6 Å². The lowest BCUT2D eigenvalue weighted by Gasteiger charge is -2.06. The molecule has 24 heavy (non-hydrogen) atoms. The van der Waals surface area contributed by atoms with E-state index in [4.69, 9.17) is 0 Å². The van der Waals surface area contributed by atoms with Gasteiger partial charge in [-0.15, -0.1) is 11.3 Å². The summed E-state index contributed by atoms with van der Waals surface area (Å²) in [5, 5.41) is 5.86. The average molecular weight is 342 g/mol. The highest BCUT2D eigenvalue weighted by Crippen LogP contribution is 2.11. The van der Waals surface area contributed by atoms with Gasteiger partial charge in [-0.1, -0.05) is 18.6 Å². The fourth-order valence-electron chi connectivity index (χ4n) is 2.48. The highest BCUT2D eigenvalue weighted by atomic mass is 32.1. The van der Waals surface area contributed by atoms with Crippen molar-refractivity contribution in [2.24, 2.45) is 0 Å². The zero-order chi connectivity index (χ0) is 16.8. The molecule has 3 aromatic rings. The summed E-state index contributed by atoms with van der Waals surface area (Å²) in [5.74, 6) is -0.0190. The molecule has 1 amide bonds. The monoisotopic (exact) mass is 342 g/mol. The van der Waals surface area contributed by atoms with Crippen molar-refractivity contribution in [3.8, 4) is 0 Å². The number of carbonyl (C=O) groups is 1. The van der Waals surface area contributed by atoms with Crippen LogP contribution in [-0.2, 0) is 11.3 Å². The van der Waals surface area contributed by atoms with Gasteiger partial charge in [-0.3, -0.25) is 14.2 Å². The minimum Gasteiger partial charge on any atom is -0.302 e. The molecule has 0 radical (unpaired) electrons. The van der Waals surface area contributed by atoms with E-state index in [0.29, 0.717) is 23.5 Å². The van der Waals surface area contributed by atoms with Crippen LogP contribution < -0.4 is 10.9 Å². The van der Waals surface area contributed by atoms with Gasteiger partial charge in [-0.2, -0.15) is 0 Å². The van der Waals surface area contributed by atoms with Crippen LogP contribution in [0.1, 0.15) is 25.7 Å². The molecule has 0 spiro atoms. The van der Waals surface area contributed by atoms with Gasteiger partial charge in [0, 0.05) is 24.5 Å². The third-order valence-electron chi connectivity index (χ3n) is 3.71. The van der Waals surface area contributed by atoms with Crippen molar-refractivity contribution in [3.05, 3.63) is 52.5 Å². The van der Waals surface area contributed by atoms with Crippen molar-refractivity contribution in [1.29, 1.82) is 0 Å². The summed E-state index contributed by atoms with van der Waals surface area (Å²) in [5.41, 5.74) is 0.708. The lowest BCUT2D eigenvalue weighted by Crippen LogP contribution is -2.20. The number of fused-ring (bicyclic) bond motifs is 1. The highest BCUT2D eigenvalue weighted by molar-refractivity contribution is 7.13. The molecule has 7 heteroatoms. The van der Waals surface area contributed by atoms with Crippen molar-refractivity contribution < 1.29 is 4.79 Å². The molecule has 124 valence electrons. The van der Waals surface area contributed by atoms with Gasteiger partial charge >= 0.3 is 0 Å². The van der Waals surface area contributed by atoms with Crippen LogP contribution in [0.4, 0.5) is 5.13 Å². The van der Waals surface area contributed by atoms with Crippen LogP contribution in [0.15, 0.2) is 47.0 Å². The van der Waals surface area contributed by atoms with Gasteiger partial charge in [-0.25, -0.2) is 9.97 Å². The Morgan fingerprint density at radius 1 is 1.17 bits per heavy atom. The fraction of sp³-hybridized carbons (Fsp3) is 0.294.